The maximum absolute atomic E-state index is 13.2. The largest absolute Gasteiger partial charge is 0.463 e. The molecule has 6 heteroatoms. The lowest BCUT2D eigenvalue weighted by Gasteiger charge is -2.05. The van der Waals surface area contributed by atoms with Crippen LogP contribution in [0.5, 0.6) is 0 Å². The van der Waals surface area contributed by atoms with Gasteiger partial charge in [-0.3, -0.25) is 4.68 Å². The van der Waals surface area contributed by atoms with E-state index in [2.05, 4.69) is 5.10 Å². The van der Waals surface area contributed by atoms with E-state index in [1.165, 1.54) is 16.8 Å². The van der Waals surface area contributed by atoms with Crippen LogP contribution in [0.3, 0.4) is 0 Å². The van der Waals surface area contributed by atoms with E-state index in [4.69, 9.17) is 21.8 Å². The Morgan fingerprint density at radius 3 is 2.80 bits per heavy atom. The van der Waals surface area contributed by atoms with Crippen LogP contribution in [0.15, 0.2) is 41.0 Å². The number of nitrogen functional groups attached to an aromatic ring is 1. The van der Waals surface area contributed by atoms with Crippen molar-refractivity contribution in [2.45, 2.75) is 0 Å². The fourth-order valence-electron chi connectivity index (χ4n) is 2.08. The van der Waals surface area contributed by atoms with E-state index in [9.17, 15) is 4.39 Å². The van der Waals surface area contributed by atoms with Gasteiger partial charge < -0.3 is 10.2 Å². The predicted octanol–water partition coefficient (Wildman–Crippen LogP) is 3.72. The van der Waals surface area contributed by atoms with Crippen LogP contribution in [-0.4, -0.2) is 9.78 Å². The molecule has 0 unspecified atom stereocenters. The van der Waals surface area contributed by atoms with Crippen LogP contribution in [0.2, 0.25) is 5.02 Å². The van der Waals surface area contributed by atoms with Crippen molar-refractivity contribution in [3.05, 3.63) is 47.4 Å². The van der Waals surface area contributed by atoms with Gasteiger partial charge in [0.15, 0.2) is 5.76 Å². The minimum atomic E-state index is -0.402. The van der Waals surface area contributed by atoms with Crippen LogP contribution < -0.4 is 5.73 Å². The number of furan rings is 1. The van der Waals surface area contributed by atoms with Gasteiger partial charge in [0.1, 0.15) is 17.3 Å². The van der Waals surface area contributed by atoms with Crippen molar-refractivity contribution in [2.24, 2.45) is 7.05 Å². The summed E-state index contributed by atoms with van der Waals surface area (Å²) in [5, 5.41) is 4.61. The first-order valence-electron chi connectivity index (χ1n) is 5.89. The smallest absolute Gasteiger partial charge is 0.154 e. The zero-order valence-corrected chi connectivity index (χ0v) is 11.4. The molecule has 2 N–H and O–H groups in total. The number of rotatable bonds is 2. The van der Waals surface area contributed by atoms with Crippen LogP contribution in [0.1, 0.15) is 0 Å². The summed E-state index contributed by atoms with van der Waals surface area (Å²) in [7, 11) is 1.72. The van der Waals surface area contributed by atoms with E-state index in [0.717, 1.165) is 0 Å². The molecule has 3 aromatic rings. The molecule has 0 spiro atoms. The maximum atomic E-state index is 13.2. The molecule has 3 rings (SSSR count). The molecule has 0 aliphatic carbocycles. The molecular weight excluding hydrogens is 281 g/mol. The Balaban J connectivity index is 2.28. The number of nitrogens with two attached hydrogens (primary N) is 1. The van der Waals surface area contributed by atoms with Crippen molar-refractivity contribution in [1.29, 1.82) is 0 Å². The van der Waals surface area contributed by atoms with Gasteiger partial charge in [0.05, 0.1) is 16.8 Å². The number of hydrogen-bond acceptors (Lipinski definition) is 3. The molecule has 102 valence electrons. The number of hydrogen-bond donors (Lipinski definition) is 1. The first-order valence-corrected chi connectivity index (χ1v) is 6.27. The standard InChI is InChI=1S/C14H11ClFN3O/c1-19-14(17)12(9-5-4-8(16)7-10(9)15)13(18-19)11-3-2-6-20-11/h2-7H,17H2,1H3. The molecule has 0 fully saturated rings. The second-order valence-electron chi connectivity index (χ2n) is 4.33. The minimum absolute atomic E-state index is 0.275. The molecule has 0 aliphatic heterocycles. The van der Waals surface area contributed by atoms with Gasteiger partial charge in [0.2, 0.25) is 0 Å². The molecular formula is C14H11ClFN3O. The quantitative estimate of drug-likeness (QED) is 0.783. The highest BCUT2D eigenvalue weighted by atomic mass is 35.5. The number of aromatic nitrogens is 2. The van der Waals surface area contributed by atoms with Crippen molar-refractivity contribution in [2.75, 3.05) is 5.73 Å². The molecule has 0 saturated heterocycles. The molecule has 1 aromatic carbocycles. The number of anilines is 1. The van der Waals surface area contributed by atoms with E-state index in [1.54, 1.807) is 31.5 Å². The van der Waals surface area contributed by atoms with Crippen LogP contribution in [-0.2, 0) is 7.05 Å². The highest BCUT2D eigenvalue weighted by Crippen LogP contribution is 2.39. The van der Waals surface area contributed by atoms with Gasteiger partial charge in [0, 0.05) is 12.6 Å². The lowest BCUT2D eigenvalue weighted by Crippen LogP contribution is -1.98. The topological polar surface area (TPSA) is 57.0 Å². The Labute approximate surface area is 119 Å². The van der Waals surface area contributed by atoms with Gasteiger partial charge in [-0.2, -0.15) is 5.10 Å². The molecule has 0 radical (unpaired) electrons. The van der Waals surface area contributed by atoms with Crippen molar-refractivity contribution in [1.82, 2.24) is 9.78 Å². The van der Waals surface area contributed by atoms with Crippen molar-refractivity contribution in [3.63, 3.8) is 0 Å². The number of nitrogens with zero attached hydrogens (tertiary/aromatic N) is 2. The average molecular weight is 292 g/mol. The van der Waals surface area contributed by atoms with E-state index < -0.39 is 5.82 Å². The lowest BCUT2D eigenvalue weighted by molar-refractivity contribution is 0.578. The third kappa shape index (κ3) is 1.96. The van der Waals surface area contributed by atoms with Crippen LogP contribution in [0.4, 0.5) is 10.2 Å². The summed E-state index contributed by atoms with van der Waals surface area (Å²) in [6.45, 7) is 0. The summed E-state index contributed by atoms with van der Waals surface area (Å²) in [6, 6.07) is 7.70. The first kappa shape index (κ1) is 12.7. The Kier molecular flexibility index (Phi) is 2.99. The molecule has 20 heavy (non-hydrogen) atoms. The van der Waals surface area contributed by atoms with Crippen molar-refractivity contribution >= 4 is 17.4 Å². The monoisotopic (exact) mass is 291 g/mol. The molecule has 2 aromatic heterocycles. The van der Waals surface area contributed by atoms with Gasteiger partial charge in [-0.15, -0.1) is 0 Å². The Bertz CT molecular complexity index is 765. The summed E-state index contributed by atoms with van der Waals surface area (Å²) < 4.78 is 20.1. The highest BCUT2D eigenvalue weighted by Gasteiger charge is 2.21. The minimum Gasteiger partial charge on any atom is -0.463 e. The fraction of sp³-hybridized carbons (Fsp3) is 0.0714. The fourth-order valence-corrected chi connectivity index (χ4v) is 2.34. The van der Waals surface area contributed by atoms with Crippen molar-refractivity contribution in [3.8, 4) is 22.6 Å². The molecule has 0 bridgehead atoms. The second-order valence-corrected chi connectivity index (χ2v) is 4.74. The third-order valence-electron chi connectivity index (χ3n) is 3.05. The van der Waals surface area contributed by atoms with Crippen LogP contribution in [0, 0.1) is 5.82 Å². The highest BCUT2D eigenvalue weighted by molar-refractivity contribution is 6.33. The van der Waals surface area contributed by atoms with E-state index in [0.29, 0.717) is 28.4 Å². The summed E-state index contributed by atoms with van der Waals surface area (Å²) in [6.07, 6.45) is 1.55. The van der Waals surface area contributed by atoms with Gasteiger partial charge in [-0.1, -0.05) is 11.6 Å². The van der Waals surface area contributed by atoms with Crippen LogP contribution in [0.25, 0.3) is 22.6 Å². The molecule has 0 aliphatic rings. The van der Waals surface area contributed by atoms with Gasteiger partial charge in [-0.05, 0) is 30.3 Å². The van der Waals surface area contributed by atoms with Gasteiger partial charge >= 0.3 is 0 Å². The van der Waals surface area contributed by atoms with Crippen molar-refractivity contribution < 1.29 is 8.81 Å². The van der Waals surface area contributed by atoms with Gasteiger partial charge in [0.25, 0.3) is 0 Å². The summed E-state index contributed by atoms with van der Waals surface area (Å²) in [5.41, 5.74) is 7.88. The molecule has 0 atom stereocenters. The maximum Gasteiger partial charge on any atom is 0.154 e. The first-order chi connectivity index (χ1) is 9.58. The van der Waals surface area contributed by atoms with E-state index in [-0.39, 0.29) is 5.02 Å². The summed E-state index contributed by atoms with van der Waals surface area (Å²) in [5.74, 6) is 0.610. The third-order valence-corrected chi connectivity index (χ3v) is 3.36. The normalized spacial score (nSPS) is 10.9. The Morgan fingerprint density at radius 2 is 2.15 bits per heavy atom. The molecule has 2 heterocycles. The Morgan fingerprint density at radius 1 is 1.35 bits per heavy atom. The number of aryl methyl sites for hydroxylation is 1. The SMILES string of the molecule is Cn1nc(-c2ccco2)c(-c2ccc(F)cc2Cl)c1N. The second kappa shape index (κ2) is 4.68. The zero-order chi connectivity index (χ0) is 14.3. The van der Waals surface area contributed by atoms with E-state index >= 15 is 0 Å². The Hall–Kier alpha value is -2.27. The lowest BCUT2D eigenvalue weighted by atomic mass is 10.0. The zero-order valence-electron chi connectivity index (χ0n) is 10.6. The molecule has 0 amide bonds. The molecule has 4 nitrogen and oxygen atoms in total. The van der Waals surface area contributed by atoms with Gasteiger partial charge in [-0.25, -0.2) is 4.39 Å². The average Bonchev–Trinajstić information content (AvgIpc) is 3.01. The number of halogens is 2. The predicted molar refractivity (Wildman–Crippen MR) is 75.7 cm³/mol. The summed E-state index contributed by atoms with van der Waals surface area (Å²) >= 11 is 6.12. The van der Waals surface area contributed by atoms with E-state index in [1.807, 2.05) is 0 Å². The number of benzene rings is 1. The summed E-state index contributed by atoms with van der Waals surface area (Å²) in [4.78, 5) is 0. The molecule has 0 saturated carbocycles. The van der Waals surface area contributed by atoms with Crippen LogP contribution >= 0.6 is 11.6 Å².